The molecule has 2 rings (SSSR count). The standard InChI is InChI=1S/C13H15ClN2O3/c1-9(17)15-4-6-16(7-5-15)13(19)10-2-3-12(18)11(14)8-10/h2-3,8,18H,4-7H2,1H3. The third-order valence-corrected chi connectivity index (χ3v) is 3.51. The van der Waals surface area contributed by atoms with Crippen molar-refractivity contribution in [1.29, 1.82) is 0 Å². The Kier molecular flexibility index (Phi) is 3.95. The van der Waals surface area contributed by atoms with E-state index >= 15 is 0 Å². The number of phenols is 1. The molecule has 1 aromatic carbocycles. The van der Waals surface area contributed by atoms with E-state index in [1.165, 1.54) is 19.1 Å². The summed E-state index contributed by atoms with van der Waals surface area (Å²) in [4.78, 5) is 26.8. The molecular formula is C13H15ClN2O3. The number of piperazine rings is 1. The maximum absolute atomic E-state index is 12.2. The summed E-state index contributed by atoms with van der Waals surface area (Å²) in [5, 5.41) is 9.49. The highest BCUT2D eigenvalue weighted by Crippen LogP contribution is 2.24. The molecule has 2 amide bonds. The van der Waals surface area contributed by atoms with Crippen molar-refractivity contribution in [3.05, 3.63) is 28.8 Å². The Morgan fingerprint density at radius 2 is 1.74 bits per heavy atom. The molecule has 0 radical (unpaired) electrons. The lowest BCUT2D eigenvalue weighted by Crippen LogP contribution is -2.50. The molecule has 1 N–H and O–H groups in total. The van der Waals surface area contributed by atoms with E-state index in [9.17, 15) is 14.7 Å². The van der Waals surface area contributed by atoms with Gasteiger partial charge in [0.15, 0.2) is 0 Å². The topological polar surface area (TPSA) is 60.9 Å². The molecule has 1 aromatic rings. The Morgan fingerprint density at radius 3 is 2.26 bits per heavy atom. The number of carbonyl (C=O) groups is 2. The van der Waals surface area contributed by atoms with Gasteiger partial charge in [-0.05, 0) is 18.2 Å². The van der Waals surface area contributed by atoms with E-state index in [2.05, 4.69) is 0 Å². The number of hydrogen-bond acceptors (Lipinski definition) is 3. The quantitative estimate of drug-likeness (QED) is 0.846. The number of rotatable bonds is 1. The highest BCUT2D eigenvalue weighted by Gasteiger charge is 2.23. The zero-order valence-electron chi connectivity index (χ0n) is 10.6. The predicted molar refractivity (Wildman–Crippen MR) is 71.3 cm³/mol. The zero-order chi connectivity index (χ0) is 14.0. The van der Waals surface area contributed by atoms with Gasteiger partial charge < -0.3 is 14.9 Å². The van der Waals surface area contributed by atoms with Crippen LogP contribution in [0.3, 0.4) is 0 Å². The molecule has 1 fully saturated rings. The molecule has 0 spiro atoms. The van der Waals surface area contributed by atoms with Crippen LogP contribution in [0.1, 0.15) is 17.3 Å². The summed E-state index contributed by atoms with van der Waals surface area (Å²) in [6, 6.07) is 4.40. The number of hydrogen-bond donors (Lipinski definition) is 1. The number of phenolic OH excluding ortho intramolecular Hbond substituents is 1. The molecule has 6 heteroatoms. The van der Waals surface area contributed by atoms with Crippen LogP contribution in [0.5, 0.6) is 5.75 Å². The minimum Gasteiger partial charge on any atom is -0.506 e. The fraction of sp³-hybridized carbons (Fsp3) is 0.385. The van der Waals surface area contributed by atoms with E-state index in [4.69, 9.17) is 11.6 Å². The van der Waals surface area contributed by atoms with Crippen LogP contribution in [-0.4, -0.2) is 52.9 Å². The van der Waals surface area contributed by atoms with E-state index < -0.39 is 0 Å². The van der Waals surface area contributed by atoms with Gasteiger partial charge in [-0.15, -0.1) is 0 Å². The van der Waals surface area contributed by atoms with Crippen molar-refractivity contribution >= 4 is 23.4 Å². The van der Waals surface area contributed by atoms with E-state index in [0.717, 1.165) is 0 Å². The van der Waals surface area contributed by atoms with Gasteiger partial charge in [-0.1, -0.05) is 11.6 Å². The lowest BCUT2D eigenvalue weighted by molar-refractivity contribution is -0.130. The first-order valence-electron chi connectivity index (χ1n) is 6.02. The summed E-state index contributed by atoms with van der Waals surface area (Å²) in [6.45, 7) is 3.64. The lowest BCUT2D eigenvalue weighted by Gasteiger charge is -2.34. The van der Waals surface area contributed by atoms with Crippen LogP contribution in [0, 0.1) is 0 Å². The van der Waals surface area contributed by atoms with E-state index in [1.54, 1.807) is 15.9 Å². The molecule has 0 aromatic heterocycles. The Labute approximate surface area is 116 Å². The number of halogens is 1. The van der Waals surface area contributed by atoms with Crippen molar-refractivity contribution in [2.45, 2.75) is 6.92 Å². The van der Waals surface area contributed by atoms with Gasteiger partial charge in [0.25, 0.3) is 5.91 Å². The molecule has 1 aliphatic heterocycles. The SMILES string of the molecule is CC(=O)N1CCN(C(=O)c2ccc(O)c(Cl)c2)CC1. The Morgan fingerprint density at radius 1 is 1.16 bits per heavy atom. The Bertz CT molecular complexity index is 511. The third-order valence-electron chi connectivity index (χ3n) is 3.21. The van der Waals surface area contributed by atoms with Crippen molar-refractivity contribution in [3.8, 4) is 5.75 Å². The van der Waals surface area contributed by atoms with Crippen LogP contribution in [0.15, 0.2) is 18.2 Å². The lowest BCUT2D eigenvalue weighted by atomic mass is 10.1. The van der Waals surface area contributed by atoms with Gasteiger partial charge in [0.05, 0.1) is 5.02 Å². The first-order chi connectivity index (χ1) is 8.99. The van der Waals surface area contributed by atoms with Crippen LogP contribution in [0.25, 0.3) is 0 Å². The zero-order valence-corrected chi connectivity index (χ0v) is 11.4. The second-order valence-corrected chi connectivity index (χ2v) is 4.87. The molecule has 102 valence electrons. The van der Waals surface area contributed by atoms with Gasteiger partial charge in [-0.25, -0.2) is 0 Å². The fourth-order valence-electron chi connectivity index (χ4n) is 2.05. The van der Waals surface area contributed by atoms with Crippen molar-refractivity contribution in [2.24, 2.45) is 0 Å². The number of benzene rings is 1. The molecule has 0 atom stereocenters. The molecule has 19 heavy (non-hydrogen) atoms. The van der Waals surface area contributed by atoms with E-state index in [-0.39, 0.29) is 22.6 Å². The van der Waals surface area contributed by atoms with Crippen molar-refractivity contribution in [3.63, 3.8) is 0 Å². The number of aromatic hydroxyl groups is 1. The van der Waals surface area contributed by atoms with Crippen LogP contribution in [-0.2, 0) is 4.79 Å². The minimum absolute atomic E-state index is 0.0276. The van der Waals surface area contributed by atoms with E-state index in [1.807, 2.05) is 0 Å². The second kappa shape index (κ2) is 5.48. The minimum atomic E-state index is -0.134. The average molecular weight is 283 g/mol. The molecule has 5 nitrogen and oxygen atoms in total. The average Bonchev–Trinajstić information content (AvgIpc) is 2.41. The van der Waals surface area contributed by atoms with Crippen LogP contribution in [0.2, 0.25) is 5.02 Å². The smallest absolute Gasteiger partial charge is 0.254 e. The third kappa shape index (κ3) is 2.98. The molecule has 1 saturated heterocycles. The first kappa shape index (κ1) is 13.7. The first-order valence-corrected chi connectivity index (χ1v) is 6.40. The summed E-state index contributed by atoms with van der Waals surface area (Å²) in [5.41, 5.74) is 0.444. The monoisotopic (exact) mass is 282 g/mol. The largest absolute Gasteiger partial charge is 0.506 e. The summed E-state index contributed by atoms with van der Waals surface area (Å²) in [7, 11) is 0. The van der Waals surface area contributed by atoms with Crippen molar-refractivity contribution in [1.82, 2.24) is 9.80 Å². The normalized spacial score (nSPS) is 15.5. The molecule has 1 heterocycles. The van der Waals surface area contributed by atoms with Crippen molar-refractivity contribution < 1.29 is 14.7 Å². The highest BCUT2D eigenvalue weighted by atomic mass is 35.5. The second-order valence-electron chi connectivity index (χ2n) is 4.46. The number of carbonyl (C=O) groups excluding carboxylic acids is 2. The molecule has 0 saturated carbocycles. The maximum atomic E-state index is 12.2. The highest BCUT2D eigenvalue weighted by molar-refractivity contribution is 6.32. The summed E-state index contributed by atoms with van der Waals surface area (Å²) < 4.78 is 0. The summed E-state index contributed by atoms with van der Waals surface area (Å²) in [5.74, 6) is -0.149. The van der Waals surface area contributed by atoms with Gasteiger partial charge in [0.1, 0.15) is 5.75 Å². The molecular weight excluding hydrogens is 268 g/mol. The number of amides is 2. The van der Waals surface area contributed by atoms with Crippen LogP contribution < -0.4 is 0 Å². The Balaban J connectivity index is 2.05. The summed E-state index contributed by atoms with van der Waals surface area (Å²) in [6.07, 6.45) is 0. The Hall–Kier alpha value is -1.75. The van der Waals surface area contributed by atoms with Crippen LogP contribution >= 0.6 is 11.6 Å². The van der Waals surface area contributed by atoms with E-state index in [0.29, 0.717) is 31.7 Å². The van der Waals surface area contributed by atoms with Gasteiger partial charge in [-0.3, -0.25) is 9.59 Å². The van der Waals surface area contributed by atoms with Gasteiger partial charge in [0, 0.05) is 38.7 Å². The van der Waals surface area contributed by atoms with Gasteiger partial charge >= 0.3 is 0 Å². The van der Waals surface area contributed by atoms with Crippen molar-refractivity contribution in [2.75, 3.05) is 26.2 Å². The fourth-order valence-corrected chi connectivity index (χ4v) is 2.23. The van der Waals surface area contributed by atoms with Gasteiger partial charge in [0.2, 0.25) is 5.91 Å². The molecule has 1 aliphatic rings. The molecule has 0 unspecified atom stereocenters. The molecule has 0 aliphatic carbocycles. The number of nitrogens with zero attached hydrogens (tertiary/aromatic N) is 2. The predicted octanol–water partition coefficient (Wildman–Crippen LogP) is 1.35. The maximum Gasteiger partial charge on any atom is 0.254 e. The molecule has 0 bridgehead atoms. The van der Waals surface area contributed by atoms with Crippen LogP contribution in [0.4, 0.5) is 0 Å². The van der Waals surface area contributed by atoms with Gasteiger partial charge in [-0.2, -0.15) is 0 Å². The summed E-state index contributed by atoms with van der Waals surface area (Å²) >= 11 is 5.79.